The predicted octanol–water partition coefficient (Wildman–Crippen LogP) is 1.81. The van der Waals surface area contributed by atoms with Crippen LogP contribution in [0.25, 0.3) is 0 Å². The molecule has 0 radical (unpaired) electrons. The Morgan fingerprint density at radius 1 is 1.41 bits per heavy atom. The minimum absolute atomic E-state index is 0.00922. The second kappa shape index (κ2) is 4.87. The maximum absolute atomic E-state index is 11.6. The minimum atomic E-state index is -0.851. The Labute approximate surface area is 107 Å². The Morgan fingerprint density at radius 2 is 2.06 bits per heavy atom. The number of halogens is 1. The van der Waals surface area contributed by atoms with Crippen LogP contribution in [-0.4, -0.2) is 28.4 Å². The molecule has 1 atom stereocenters. The average Bonchev–Trinajstić information content (AvgIpc) is 2.58. The van der Waals surface area contributed by atoms with Crippen LogP contribution < -0.4 is 4.90 Å². The molecule has 1 fully saturated rings. The third kappa shape index (κ3) is 2.85. The lowest BCUT2D eigenvalue weighted by Crippen LogP contribution is -2.24. The van der Waals surface area contributed by atoms with Gasteiger partial charge < -0.3 is 10.0 Å². The molecule has 1 saturated heterocycles. The third-order valence-corrected chi connectivity index (χ3v) is 3.29. The number of anilines is 1. The van der Waals surface area contributed by atoms with Crippen LogP contribution >= 0.6 is 15.9 Å². The van der Waals surface area contributed by atoms with E-state index in [1.807, 2.05) is 0 Å². The van der Waals surface area contributed by atoms with Gasteiger partial charge in [0.25, 0.3) is 0 Å². The Bertz CT molecular complexity index is 444. The number of carbonyl (C=O) groups excluding carboxylic acids is 1. The standard InChI is InChI=1S/C12H12BrNO3/c13-9-6-11(15)14(7-9)10-3-1-8(2-4-10)5-12(16)17/h1-4,9H,5-7H2,(H,16,17). The number of nitrogens with zero attached hydrogens (tertiary/aromatic N) is 1. The molecule has 1 N–H and O–H groups in total. The number of carboxylic acid groups (broad SMARTS) is 1. The average molecular weight is 298 g/mol. The molecule has 2 rings (SSSR count). The molecular formula is C12H12BrNO3. The summed E-state index contributed by atoms with van der Waals surface area (Å²) in [7, 11) is 0. The first-order valence-electron chi connectivity index (χ1n) is 5.31. The van der Waals surface area contributed by atoms with E-state index in [1.165, 1.54) is 0 Å². The fourth-order valence-electron chi connectivity index (χ4n) is 1.88. The van der Waals surface area contributed by atoms with Gasteiger partial charge in [0, 0.05) is 23.5 Å². The fourth-order valence-corrected chi connectivity index (χ4v) is 2.45. The molecule has 17 heavy (non-hydrogen) atoms. The molecular weight excluding hydrogens is 286 g/mol. The van der Waals surface area contributed by atoms with E-state index in [9.17, 15) is 9.59 Å². The van der Waals surface area contributed by atoms with Gasteiger partial charge in [0.1, 0.15) is 0 Å². The lowest BCUT2D eigenvalue weighted by atomic mass is 10.1. The Balaban J connectivity index is 2.12. The zero-order valence-corrected chi connectivity index (χ0v) is 10.7. The summed E-state index contributed by atoms with van der Waals surface area (Å²) in [5.74, 6) is -0.756. The Hall–Kier alpha value is -1.36. The lowest BCUT2D eigenvalue weighted by Gasteiger charge is -2.16. The Morgan fingerprint density at radius 3 is 2.53 bits per heavy atom. The molecule has 0 bridgehead atoms. The van der Waals surface area contributed by atoms with E-state index >= 15 is 0 Å². The molecule has 1 heterocycles. The molecule has 1 unspecified atom stereocenters. The third-order valence-electron chi connectivity index (χ3n) is 2.68. The van der Waals surface area contributed by atoms with Crippen molar-refractivity contribution in [1.82, 2.24) is 0 Å². The van der Waals surface area contributed by atoms with Crippen molar-refractivity contribution in [3.63, 3.8) is 0 Å². The summed E-state index contributed by atoms with van der Waals surface area (Å²) in [6.45, 7) is 0.664. The lowest BCUT2D eigenvalue weighted by molar-refractivity contribution is -0.136. The van der Waals surface area contributed by atoms with Crippen molar-refractivity contribution in [2.75, 3.05) is 11.4 Å². The number of alkyl halides is 1. The predicted molar refractivity (Wildman–Crippen MR) is 67.5 cm³/mol. The van der Waals surface area contributed by atoms with Crippen LogP contribution in [0.5, 0.6) is 0 Å². The summed E-state index contributed by atoms with van der Waals surface area (Å²) in [4.78, 5) is 24.1. The van der Waals surface area contributed by atoms with Gasteiger partial charge in [-0.05, 0) is 17.7 Å². The highest BCUT2D eigenvalue weighted by molar-refractivity contribution is 9.09. The highest BCUT2D eigenvalue weighted by Crippen LogP contribution is 2.25. The number of aliphatic carboxylic acids is 1. The molecule has 1 aliphatic rings. The van der Waals surface area contributed by atoms with E-state index in [0.717, 1.165) is 11.3 Å². The number of benzene rings is 1. The van der Waals surface area contributed by atoms with Gasteiger partial charge in [-0.3, -0.25) is 9.59 Å². The SMILES string of the molecule is O=C(O)Cc1ccc(N2CC(Br)CC2=O)cc1. The molecule has 0 aliphatic carbocycles. The van der Waals surface area contributed by atoms with Crippen LogP contribution in [0.3, 0.4) is 0 Å². The van der Waals surface area contributed by atoms with Crippen molar-refractivity contribution in [1.29, 1.82) is 0 Å². The summed E-state index contributed by atoms with van der Waals surface area (Å²) in [6, 6.07) is 7.08. The van der Waals surface area contributed by atoms with Crippen LogP contribution in [0.2, 0.25) is 0 Å². The first-order valence-corrected chi connectivity index (χ1v) is 6.23. The zero-order valence-electron chi connectivity index (χ0n) is 9.10. The summed E-state index contributed by atoms with van der Waals surface area (Å²) in [5, 5.41) is 8.65. The minimum Gasteiger partial charge on any atom is -0.481 e. The summed E-state index contributed by atoms with van der Waals surface area (Å²) >= 11 is 3.42. The van der Waals surface area contributed by atoms with E-state index in [1.54, 1.807) is 29.2 Å². The highest BCUT2D eigenvalue weighted by Gasteiger charge is 2.28. The monoisotopic (exact) mass is 297 g/mol. The van der Waals surface area contributed by atoms with Gasteiger partial charge in [0.2, 0.25) is 5.91 Å². The van der Waals surface area contributed by atoms with Crippen LogP contribution in [-0.2, 0) is 16.0 Å². The first-order chi connectivity index (χ1) is 8.06. The maximum atomic E-state index is 11.6. The van der Waals surface area contributed by atoms with Gasteiger partial charge in [-0.15, -0.1) is 0 Å². The Kier molecular flexibility index (Phi) is 3.47. The fraction of sp³-hybridized carbons (Fsp3) is 0.333. The quantitative estimate of drug-likeness (QED) is 0.866. The number of amides is 1. The van der Waals surface area contributed by atoms with Crippen LogP contribution in [0.15, 0.2) is 24.3 Å². The van der Waals surface area contributed by atoms with Crippen molar-refractivity contribution in [3.05, 3.63) is 29.8 Å². The number of hydrogen-bond acceptors (Lipinski definition) is 2. The summed E-state index contributed by atoms with van der Waals surface area (Å²) in [5.41, 5.74) is 1.56. The second-order valence-corrected chi connectivity index (χ2v) is 5.34. The molecule has 90 valence electrons. The largest absolute Gasteiger partial charge is 0.481 e. The highest BCUT2D eigenvalue weighted by atomic mass is 79.9. The van der Waals surface area contributed by atoms with Crippen LogP contribution in [0.1, 0.15) is 12.0 Å². The normalized spacial score (nSPS) is 19.7. The maximum Gasteiger partial charge on any atom is 0.307 e. The van der Waals surface area contributed by atoms with Gasteiger partial charge in [0.15, 0.2) is 0 Å². The molecule has 1 aromatic rings. The molecule has 0 saturated carbocycles. The van der Waals surface area contributed by atoms with Crippen molar-refractivity contribution in [3.8, 4) is 0 Å². The van der Waals surface area contributed by atoms with E-state index in [0.29, 0.717) is 13.0 Å². The molecule has 1 aromatic carbocycles. The number of carbonyl (C=O) groups is 2. The van der Waals surface area contributed by atoms with Gasteiger partial charge in [-0.25, -0.2) is 0 Å². The first kappa shape index (κ1) is 12.1. The summed E-state index contributed by atoms with van der Waals surface area (Å²) < 4.78 is 0. The van der Waals surface area contributed by atoms with Crippen molar-refractivity contribution < 1.29 is 14.7 Å². The molecule has 1 aliphatic heterocycles. The van der Waals surface area contributed by atoms with Crippen LogP contribution in [0, 0.1) is 0 Å². The molecule has 0 spiro atoms. The number of hydrogen-bond donors (Lipinski definition) is 1. The number of rotatable bonds is 3. The van der Waals surface area contributed by atoms with E-state index < -0.39 is 5.97 Å². The topological polar surface area (TPSA) is 57.6 Å². The van der Waals surface area contributed by atoms with Gasteiger partial charge in [-0.2, -0.15) is 0 Å². The van der Waals surface area contributed by atoms with E-state index in [2.05, 4.69) is 15.9 Å². The molecule has 4 nitrogen and oxygen atoms in total. The smallest absolute Gasteiger partial charge is 0.307 e. The molecule has 5 heteroatoms. The van der Waals surface area contributed by atoms with Gasteiger partial charge >= 0.3 is 5.97 Å². The summed E-state index contributed by atoms with van der Waals surface area (Å²) in [6.07, 6.45) is 0.520. The molecule has 0 aromatic heterocycles. The van der Waals surface area contributed by atoms with Crippen molar-refractivity contribution >= 4 is 33.5 Å². The van der Waals surface area contributed by atoms with E-state index in [-0.39, 0.29) is 17.2 Å². The van der Waals surface area contributed by atoms with Gasteiger partial charge in [-0.1, -0.05) is 28.1 Å². The van der Waals surface area contributed by atoms with Crippen molar-refractivity contribution in [2.24, 2.45) is 0 Å². The van der Waals surface area contributed by atoms with Crippen molar-refractivity contribution in [2.45, 2.75) is 17.7 Å². The van der Waals surface area contributed by atoms with E-state index in [4.69, 9.17) is 5.11 Å². The zero-order chi connectivity index (χ0) is 12.4. The van der Waals surface area contributed by atoms with Crippen LogP contribution in [0.4, 0.5) is 5.69 Å². The van der Waals surface area contributed by atoms with Gasteiger partial charge in [0.05, 0.1) is 6.42 Å². The molecule has 1 amide bonds. The second-order valence-electron chi connectivity index (χ2n) is 4.04. The number of carboxylic acids is 1.